The Kier molecular flexibility index (Phi) is 5.25. The minimum atomic E-state index is 0. The maximum Gasteiger partial charge on any atom is 0.185 e. The molecule has 1 aliphatic heterocycles. The number of halogens is 2. The van der Waals surface area contributed by atoms with E-state index in [-0.39, 0.29) is 12.4 Å². The van der Waals surface area contributed by atoms with Gasteiger partial charge in [-0.15, -0.1) is 23.7 Å². The van der Waals surface area contributed by atoms with Gasteiger partial charge in [-0.2, -0.15) is 0 Å². The lowest BCUT2D eigenvalue weighted by molar-refractivity contribution is 0.577. The zero-order valence-electron chi connectivity index (χ0n) is 10.5. The lowest BCUT2D eigenvalue weighted by Crippen LogP contribution is -2.29. The highest BCUT2D eigenvalue weighted by Gasteiger charge is 2.14. The Morgan fingerprint density at radius 1 is 1.05 bits per heavy atom. The molecule has 2 nitrogen and oxygen atoms in total. The van der Waals surface area contributed by atoms with Crippen LogP contribution in [0, 0.1) is 0 Å². The van der Waals surface area contributed by atoms with Gasteiger partial charge in [-0.05, 0) is 31.4 Å². The van der Waals surface area contributed by atoms with E-state index in [0.29, 0.717) is 0 Å². The first-order chi connectivity index (χ1) is 8.83. The molecule has 3 rings (SSSR count). The number of benzene rings is 1. The normalized spacial score (nSPS) is 15.1. The Morgan fingerprint density at radius 2 is 1.74 bits per heavy atom. The van der Waals surface area contributed by atoms with Crippen molar-refractivity contribution < 1.29 is 0 Å². The number of nitrogens with zero attached hydrogens (tertiary/aromatic N) is 2. The number of thiazole rings is 1. The van der Waals surface area contributed by atoms with Crippen molar-refractivity contribution in [1.29, 1.82) is 0 Å². The quantitative estimate of drug-likeness (QED) is 0.751. The van der Waals surface area contributed by atoms with E-state index >= 15 is 0 Å². The number of rotatable bonds is 2. The third-order valence-corrected chi connectivity index (χ3v) is 4.69. The van der Waals surface area contributed by atoms with Crippen LogP contribution < -0.4 is 4.90 Å². The Morgan fingerprint density at radius 3 is 2.42 bits per heavy atom. The van der Waals surface area contributed by atoms with Crippen molar-refractivity contribution in [3.8, 4) is 11.3 Å². The zero-order chi connectivity index (χ0) is 12.4. The molecule has 0 spiro atoms. The molecule has 1 fully saturated rings. The third kappa shape index (κ3) is 3.50. The fourth-order valence-electron chi connectivity index (χ4n) is 2.25. The summed E-state index contributed by atoms with van der Waals surface area (Å²) in [5.74, 6) is 0. The molecule has 1 aromatic heterocycles. The fourth-order valence-corrected chi connectivity index (χ4v) is 3.40. The molecule has 0 radical (unpaired) electrons. The number of aromatic nitrogens is 1. The lowest BCUT2D eigenvalue weighted by atomic mass is 10.1. The second kappa shape index (κ2) is 6.73. The van der Waals surface area contributed by atoms with Crippen molar-refractivity contribution in [3.63, 3.8) is 0 Å². The molecule has 102 valence electrons. The van der Waals surface area contributed by atoms with E-state index in [9.17, 15) is 0 Å². The lowest BCUT2D eigenvalue weighted by Gasteiger charge is -2.25. The smallest absolute Gasteiger partial charge is 0.185 e. The number of anilines is 1. The van der Waals surface area contributed by atoms with Crippen molar-refractivity contribution in [3.05, 3.63) is 34.1 Å². The molecule has 0 unspecified atom stereocenters. The van der Waals surface area contributed by atoms with Gasteiger partial charge in [0.25, 0.3) is 0 Å². The average molecular weight is 360 g/mol. The zero-order valence-corrected chi connectivity index (χ0v) is 13.7. The van der Waals surface area contributed by atoms with Crippen LogP contribution in [0.2, 0.25) is 0 Å². The fraction of sp³-hybridized carbons (Fsp3) is 0.357. The summed E-state index contributed by atoms with van der Waals surface area (Å²) in [6.07, 6.45) is 3.96. The van der Waals surface area contributed by atoms with Crippen molar-refractivity contribution >= 4 is 44.8 Å². The van der Waals surface area contributed by atoms with E-state index in [0.717, 1.165) is 23.3 Å². The van der Waals surface area contributed by atoms with Gasteiger partial charge in [-0.1, -0.05) is 28.1 Å². The van der Waals surface area contributed by atoms with Crippen LogP contribution in [0.4, 0.5) is 5.13 Å². The minimum absolute atomic E-state index is 0. The van der Waals surface area contributed by atoms with Crippen molar-refractivity contribution in [2.45, 2.75) is 19.3 Å². The molecule has 1 saturated heterocycles. The average Bonchev–Trinajstić information content (AvgIpc) is 2.90. The molecule has 0 atom stereocenters. The second-order valence-electron chi connectivity index (χ2n) is 4.57. The maximum atomic E-state index is 4.76. The van der Waals surface area contributed by atoms with Crippen LogP contribution >= 0.6 is 39.7 Å². The van der Waals surface area contributed by atoms with E-state index in [2.05, 4.69) is 50.5 Å². The predicted octanol–water partition coefficient (Wildman–Crippen LogP) is 4.98. The summed E-state index contributed by atoms with van der Waals surface area (Å²) in [5.41, 5.74) is 2.28. The van der Waals surface area contributed by atoms with Crippen molar-refractivity contribution in [1.82, 2.24) is 4.98 Å². The van der Waals surface area contributed by atoms with Crippen LogP contribution in [0.3, 0.4) is 0 Å². The van der Waals surface area contributed by atoms with Crippen LogP contribution in [0.5, 0.6) is 0 Å². The first-order valence-electron chi connectivity index (χ1n) is 6.29. The largest absolute Gasteiger partial charge is 0.348 e. The number of hydrogen-bond acceptors (Lipinski definition) is 3. The van der Waals surface area contributed by atoms with Crippen LogP contribution in [0.15, 0.2) is 34.1 Å². The topological polar surface area (TPSA) is 16.1 Å². The number of hydrogen-bond donors (Lipinski definition) is 0. The molecule has 5 heteroatoms. The van der Waals surface area contributed by atoms with Crippen molar-refractivity contribution in [2.75, 3.05) is 18.0 Å². The SMILES string of the molecule is Brc1ccc(-c2csc(N3CCCCC3)n2)cc1.Cl. The molecule has 0 bridgehead atoms. The van der Waals surface area contributed by atoms with Gasteiger partial charge in [0.2, 0.25) is 0 Å². The molecule has 0 aliphatic carbocycles. The maximum absolute atomic E-state index is 4.76. The summed E-state index contributed by atoms with van der Waals surface area (Å²) in [4.78, 5) is 7.18. The molecule has 1 aliphatic rings. The first kappa shape index (κ1) is 14.8. The Labute approximate surface area is 132 Å². The summed E-state index contributed by atoms with van der Waals surface area (Å²) in [6.45, 7) is 2.32. The highest BCUT2D eigenvalue weighted by Crippen LogP contribution is 2.29. The molecule has 0 amide bonds. The molecule has 19 heavy (non-hydrogen) atoms. The summed E-state index contributed by atoms with van der Waals surface area (Å²) >= 11 is 5.22. The highest BCUT2D eigenvalue weighted by atomic mass is 79.9. The molecule has 2 aromatic rings. The Hall–Kier alpha value is -0.580. The van der Waals surface area contributed by atoms with Gasteiger partial charge in [0, 0.05) is 28.5 Å². The number of piperidine rings is 1. The molecular formula is C14H16BrClN2S. The van der Waals surface area contributed by atoms with E-state index in [1.54, 1.807) is 11.3 Å². The van der Waals surface area contributed by atoms with Gasteiger partial charge in [-0.25, -0.2) is 4.98 Å². The van der Waals surface area contributed by atoms with Crippen LogP contribution in [0.1, 0.15) is 19.3 Å². The van der Waals surface area contributed by atoms with Crippen molar-refractivity contribution in [2.24, 2.45) is 0 Å². The van der Waals surface area contributed by atoms with Crippen LogP contribution in [-0.2, 0) is 0 Å². The Bertz CT molecular complexity index is 520. The summed E-state index contributed by atoms with van der Waals surface area (Å²) in [6, 6.07) is 8.35. The summed E-state index contributed by atoms with van der Waals surface area (Å²) in [5, 5.41) is 3.33. The molecule has 0 N–H and O–H groups in total. The van der Waals surface area contributed by atoms with E-state index in [4.69, 9.17) is 4.98 Å². The van der Waals surface area contributed by atoms with E-state index in [1.807, 2.05) is 0 Å². The Balaban J connectivity index is 0.00000133. The molecule has 2 heterocycles. The van der Waals surface area contributed by atoms with Gasteiger partial charge in [0.1, 0.15) is 0 Å². The van der Waals surface area contributed by atoms with Gasteiger partial charge < -0.3 is 4.90 Å². The molecule has 1 aromatic carbocycles. The second-order valence-corrected chi connectivity index (χ2v) is 6.32. The summed E-state index contributed by atoms with van der Waals surface area (Å²) < 4.78 is 1.11. The highest BCUT2D eigenvalue weighted by molar-refractivity contribution is 9.10. The predicted molar refractivity (Wildman–Crippen MR) is 88.6 cm³/mol. The van der Waals surface area contributed by atoms with E-state index < -0.39 is 0 Å². The van der Waals surface area contributed by atoms with Gasteiger partial charge in [0.15, 0.2) is 5.13 Å². The monoisotopic (exact) mass is 358 g/mol. The minimum Gasteiger partial charge on any atom is -0.348 e. The first-order valence-corrected chi connectivity index (χ1v) is 7.96. The third-order valence-electron chi connectivity index (χ3n) is 3.26. The van der Waals surface area contributed by atoms with Crippen LogP contribution in [-0.4, -0.2) is 18.1 Å². The standard InChI is InChI=1S/C14H15BrN2S.ClH/c15-12-6-4-11(5-7-12)13-10-18-14(16-13)17-8-2-1-3-9-17;/h4-7,10H,1-3,8-9H2;1H. The van der Waals surface area contributed by atoms with E-state index in [1.165, 1.54) is 30.0 Å². The molecule has 0 saturated carbocycles. The van der Waals surface area contributed by atoms with Gasteiger partial charge >= 0.3 is 0 Å². The summed E-state index contributed by atoms with van der Waals surface area (Å²) in [7, 11) is 0. The van der Waals surface area contributed by atoms with Gasteiger partial charge in [-0.3, -0.25) is 0 Å². The van der Waals surface area contributed by atoms with Gasteiger partial charge in [0.05, 0.1) is 5.69 Å². The van der Waals surface area contributed by atoms with Crippen LogP contribution in [0.25, 0.3) is 11.3 Å². The molecular weight excluding hydrogens is 344 g/mol.